The second-order valence-electron chi connectivity index (χ2n) is 6.77. The summed E-state index contributed by atoms with van der Waals surface area (Å²) >= 11 is 0. The molecule has 6 heteroatoms. The predicted molar refractivity (Wildman–Crippen MR) is 84.0 cm³/mol. The van der Waals surface area contributed by atoms with Gasteiger partial charge in [-0.05, 0) is 37.5 Å². The molecule has 1 atom stereocenters. The Balaban J connectivity index is 1.87. The third-order valence-electron chi connectivity index (χ3n) is 4.70. The molecule has 2 heterocycles. The molecule has 1 unspecified atom stereocenters. The molecule has 2 fully saturated rings. The molecule has 2 saturated heterocycles. The predicted octanol–water partition coefficient (Wildman–Crippen LogP) is 1.21. The number of amides is 3. The van der Waals surface area contributed by atoms with Crippen molar-refractivity contribution in [2.24, 2.45) is 5.41 Å². The van der Waals surface area contributed by atoms with Crippen LogP contribution in [0.3, 0.4) is 0 Å². The number of ether oxygens (including phenoxy) is 1. The zero-order valence-corrected chi connectivity index (χ0v) is 13.7. The van der Waals surface area contributed by atoms with Gasteiger partial charge in [0.1, 0.15) is 6.04 Å². The minimum Gasteiger partial charge on any atom is -0.396 e. The van der Waals surface area contributed by atoms with Crippen molar-refractivity contribution in [2.45, 2.75) is 26.8 Å². The van der Waals surface area contributed by atoms with Crippen LogP contribution in [0.1, 0.15) is 28.3 Å². The molecule has 0 bridgehead atoms. The van der Waals surface area contributed by atoms with Crippen molar-refractivity contribution in [3.8, 4) is 0 Å². The summed E-state index contributed by atoms with van der Waals surface area (Å²) < 4.78 is 5.14. The summed E-state index contributed by atoms with van der Waals surface area (Å²) in [5.74, 6) is -0.259. The highest BCUT2D eigenvalue weighted by Gasteiger charge is 2.47. The topological polar surface area (TPSA) is 78.9 Å². The lowest BCUT2D eigenvalue weighted by Crippen LogP contribution is -2.54. The summed E-state index contributed by atoms with van der Waals surface area (Å²) in [6, 6.07) is 2.97. The minimum atomic E-state index is -0.653. The Kier molecular flexibility index (Phi) is 3.90. The van der Waals surface area contributed by atoms with Crippen molar-refractivity contribution in [1.29, 1.82) is 0 Å². The van der Waals surface area contributed by atoms with Crippen molar-refractivity contribution in [3.63, 3.8) is 0 Å². The van der Waals surface area contributed by atoms with E-state index in [9.17, 15) is 14.7 Å². The fraction of sp³-hybridized carbons (Fsp3) is 0.529. The first-order valence-corrected chi connectivity index (χ1v) is 7.75. The van der Waals surface area contributed by atoms with Gasteiger partial charge in [-0.3, -0.25) is 9.69 Å². The Morgan fingerprint density at radius 3 is 2.35 bits per heavy atom. The molecule has 0 radical (unpaired) electrons. The highest BCUT2D eigenvalue weighted by molar-refractivity contribution is 6.05. The van der Waals surface area contributed by atoms with E-state index < -0.39 is 17.5 Å². The average molecular weight is 318 g/mol. The van der Waals surface area contributed by atoms with Crippen molar-refractivity contribution < 1.29 is 19.4 Å². The number of aliphatic hydroxyl groups is 1. The van der Waals surface area contributed by atoms with E-state index in [1.807, 2.05) is 32.9 Å². The van der Waals surface area contributed by atoms with Gasteiger partial charge in [0, 0.05) is 6.54 Å². The summed E-state index contributed by atoms with van der Waals surface area (Å²) in [5.41, 5.74) is 3.46. The van der Waals surface area contributed by atoms with E-state index >= 15 is 0 Å². The van der Waals surface area contributed by atoms with Crippen LogP contribution in [0.25, 0.3) is 0 Å². The van der Waals surface area contributed by atoms with Gasteiger partial charge in [-0.2, -0.15) is 0 Å². The van der Waals surface area contributed by atoms with Gasteiger partial charge in [-0.25, -0.2) is 4.79 Å². The van der Waals surface area contributed by atoms with Crippen molar-refractivity contribution in [3.05, 3.63) is 34.4 Å². The number of nitrogens with one attached hydrogen (secondary N) is 1. The number of hydrogen-bond donors (Lipinski definition) is 2. The Hall–Kier alpha value is -1.92. The lowest BCUT2D eigenvalue weighted by Gasteiger charge is -2.41. The average Bonchev–Trinajstić information content (AvgIpc) is 2.69. The van der Waals surface area contributed by atoms with Gasteiger partial charge < -0.3 is 15.2 Å². The first-order valence-electron chi connectivity index (χ1n) is 7.75. The van der Waals surface area contributed by atoms with Crippen molar-refractivity contribution >= 4 is 11.9 Å². The quantitative estimate of drug-likeness (QED) is 0.818. The van der Waals surface area contributed by atoms with E-state index in [2.05, 4.69) is 5.32 Å². The maximum absolute atomic E-state index is 12.8. The molecule has 0 aliphatic carbocycles. The normalized spacial score (nSPS) is 23.0. The molecule has 0 saturated carbocycles. The van der Waals surface area contributed by atoms with Crippen LogP contribution in [0.4, 0.5) is 4.79 Å². The van der Waals surface area contributed by atoms with Crippen LogP contribution in [0.15, 0.2) is 12.1 Å². The lowest BCUT2D eigenvalue weighted by molar-refractivity contribution is -0.152. The van der Waals surface area contributed by atoms with Crippen LogP contribution < -0.4 is 5.32 Å². The van der Waals surface area contributed by atoms with Crippen molar-refractivity contribution in [1.82, 2.24) is 10.2 Å². The smallest absolute Gasteiger partial charge is 0.325 e. The number of nitrogens with zero attached hydrogens (tertiary/aromatic N) is 1. The van der Waals surface area contributed by atoms with E-state index in [0.29, 0.717) is 13.2 Å². The number of aliphatic hydroxyl groups excluding tert-OH is 1. The SMILES string of the molecule is Cc1cc(C)c(C2NC(=O)N(CC3(CO)COC3)C2=O)c(C)c1. The molecular formula is C17H22N2O4. The number of benzene rings is 1. The standard InChI is InChI=1S/C17H22N2O4/c1-10-4-11(2)13(12(3)5-10)14-15(21)19(16(22)18-14)6-17(7-20)8-23-9-17/h4-5,14,20H,6-9H2,1-3H3,(H,18,22). The van der Waals surface area contributed by atoms with Crippen LogP contribution in [0.2, 0.25) is 0 Å². The Bertz CT molecular complexity index is 638. The largest absolute Gasteiger partial charge is 0.396 e. The first kappa shape index (κ1) is 16.0. The van der Waals surface area contributed by atoms with Gasteiger partial charge >= 0.3 is 6.03 Å². The molecule has 2 N–H and O–H groups in total. The second-order valence-corrected chi connectivity index (χ2v) is 6.77. The Morgan fingerprint density at radius 1 is 1.26 bits per heavy atom. The number of carbonyl (C=O) groups is 2. The fourth-order valence-corrected chi connectivity index (χ4v) is 3.47. The van der Waals surface area contributed by atoms with Gasteiger partial charge in [0.05, 0.1) is 25.2 Å². The van der Waals surface area contributed by atoms with Crippen LogP contribution in [0, 0.1) is 26.2 Å². The molecule has 23 heavy (non-hydrogen) atoms. The summed E-state index contributed by atoms with van der Waals surface area (Å²) in [6.07, 6.45) is 0. The molecule has 3 rings (SSSR count). The number of urea groups is 1. The van der Waals surface area contributed by atoms with E-state index in [4.69, 9.17) is 4.74 Å². The monoisotopic (exact) mass is 318 g/mol. The molecule has 2 aliphatic heterocycles. The third-order valence-corrected chi connectivity index (χ3v) is 4.70. The molecule has 2 aliphatic rings. The summed E-state index contributed by atoms with van der Waals surface area (Å²) in [7, 11) is 0. The molecular weight excluding hydrogens is 296 g/mol. The second kappa shape index (κ2) is 5.62. The van der Waals surface area contributed by atoms with Crippen molar-refractivity contribution in [2.75, 3.05) is 26.4 Å². The van der Waals surface area contributed by atoms with Gasteiger partial charge in [-0.15, -0.1) is 0 Å². The van der Waals surface area contributed by atoms with Gasteiger partial charge in [-0.1, -0.05) is 17.7 Å². The number of imide groups is 1. The van der Waals surface area contributed by atoms with Gasteiger partial charge in [0.15, 0.2) is 0 Å². The third kappa shape index (κ3) is 2.62. The van der Waals surface area contributed by atoms with Gasteiger partial charge in [0.25, 0.3) is 5.91 Å². The lowest BCUT2D eigenvalue weighted by atomic mass is 9.86. The molecule has 3 amide bonds. The van der Waals surface area contributed by atoms with E-state index in [1.165, 1.54) is 4.90 Å². The van der Waals surface area contributed by atoms with E-state index in [0.717, 1.165) is 22.3 Å². The number of rotatable bonds is 4. The molecule has 0 aromatic heterocycles. The zero-order valence-electron chi connectivity index (χ0n) is 13.7. The minimum absolute atomic E-state index is 0.0999. The van der Waals surface area contributed by atoms with Gasteiger partial charge in [0.2, 0.25) is 0 Å². The maximum Gasteiger partial charge on any atom is 0.325 e. The van der Waals surface area contributed by atoms with Crippen LogP contribution in [-0.2, 0) is 9.53 Å². The summed E-state index contributed by atoms with van der Waals surface area (Å²) in [4.78, 5) is 26.2. The van der Waals surface area contributed by atoms with Crippen LogP contribution in [0.5, 0.6) is 0 Å². The molecule has 1 aromatic carbocycles. The molecule has 124 valence electrons. The molecule has 6 nitrogen and oxygen atoms in total. The number of hydrogen-bond acceptors (Lipinski definition) is 4. The number of aryl methyl sites for hydroxylation is 3. The highest BCUT2D eigenvalue weighted by Crippen LogP contribution is 2.33. The summed E-state index contributed by atoms with van der Waals surface area (Å²) in [5, 5.41) is 12.3. The number of carbonyl (C=O) groups excluding carboxylic acids is 2. The van der Waals surface area contributed by atoms with Crippen LogP contribution in [-0.4, -0.2) is 48.3 Å². The highest BCUT2D eigenvalue weighted by atomic mass is 16.5. The first-order chi connectivity index (χ1) is 10.9. The van der Waals surface area contributed by atoms with Crippen LogP contribution >= 0.6 is 0 Å². The molecule has 1 aromatic rings. The van der Waals surface area contributed by atoms with E-state index in [-0.39, 0.29) is 19.1 Å². The Morgan fingerprint density at radius 2 is 1.87 bits per heavy atom. The van der Waals surface area contributed by atoms with E-state index in [1.54, 1.807) is 0 Å². The zero-order chi connectivity index (χ0) is 16.8. The maximum atomic E-state index is 12.8. The fourth-order valence-electron chi connectivity index (χ4n) is 3.47. The summed E-state index contributed by atoms with van der Waals surface area (Å²) in [6.45, 7) is 6.74. The Labute approximate surface area is 135 Å². The molecule has 0 spiro atoms.